The van der Waals surface area contributed by atoms with Crippen molar-refractivity contribution in [2.24, 2.45) is 0 Å². The minimum atomic E-state index is -4.41. The van der Waals surface area contributed by atoms with Gasteiger partial charge >= 0.3 is 19.8 Å². The van der Waals surface area contributed by atoms with Gasteiger partial charge in [-0.15, -0.1) is 0 Å². The Kier molecular flexibility index (Phi) is 29.3. The molecule has 0 heterocycles. The van der Waals surface area contributed by atoms with E-state index in [9.17, 15) is 19.0 Å². The average molecular weight is 693 g/mol. The van der Waals surface area contributed by atoms with E-state index < -0.39 is 26.0 Å². The highest BCUT2D eigenvalue weighted by atomic mass is 31.2. The average Bonchev–Trinajstić information content (AvgIpc) is 2.99. The fraction of sp³-hybridized carbons (Fsp3) is 0.946. The van der Waals surface area contributed by atoms with Crippen LogP contribution < -0.4 is 0 Å². The van der Waals surface area contributed by atoms with Crippen molar-refractivity contribution in [2.75, 3.05) is 40.9 Å². The first-order chi connectivity index (χ1) is 22.4. The molecular weight excluding hydrogens is 617 g/mol. The molecule has 0 saturated heterocycles. The zero-order valence-electron chi connectivity index (χ0n) is 31.4. The molecule has 0 aliphatic carbocycles. The molecule has 0 aromatic carbocycles. The molecule has 10 heteroatoms. The zero-order chi connectivity index (χ0) is 35.2. The fourth-order valence-electron chi connectivity index (χ4n) is 5.35. The molecule has 0 amide bonds. The van der Waals surface area contributed by atoms with Gasteiger partial charge in [-0.1, -0.05) is 142 Å². The van der Waals surface area contributed by atoms with Crippen molar-refractivity contribution in [3.8, 4) is 0 Å². The largest absolute Gasteiger partial charge is 0.472 e. The fourth-order valence-corrected chi connectivity index (χ4v) is 6.28. The van der Waals surface area contributed by atoms with Crippen LogP contribution >= 0.6 is 7.82 Å². The van der Waals surface area contributed by atoms with Crippen molar-refractivity contribution in [1.82, 2.24) is 0 Å². The summed E-state index contributed by atoms with van der Waals surface area (Å²) in [5.41, 5.74) is 0. The molecule has 0 aliphatic heterocycles. The van der Waals surface area contributed by atoms with Gasteiger partial charge in [0, 0.05) is 12.8 Å². The SMILES string of the molecule is CCCCCCCCCCCCCC(=O)OCC(OC(=O)CCCCCCCCCCCCC)C(C)OP(=O)(O)OCC[N+](C)(C)C. The normalized spacial score (nSPS) is 14.4. The van der Waals surface area contributed by atoms with E-state index in [-0.39, 0.29) is 32.0 Å². The predicted octanol–water partition coefficient (Wildman–Crippen LogP) is 10.1. The summed E-state index contributed by atoms with van der Waals surface area (Å²) in [6, 6.07) is 0. The number of phosphoric acid groups is 1. The van der Waals surface area contributed by atoms with Gasteiger partial charge in [-0.25, -0.2) is 4.57 Å². The molecule has 0 aromatic heterocycles. The first-order valence-electron chi connectivity index (χ1n) is 19.2. The van der Waals surface area contributed by atoms with E-state index in [0.29, 0.717) is 17.4 Å². The lowest BCUT2D eigenvalue weighted by molar-refractivity contribution is -0.870. The summed E-state index contributed by atoms with van der Waals surface area (Å²) in [7, 11) is 1.44. The summed E-state index contributed by atoms with van der Waals surface area (Å²) in [6.45, 7) is 6.31. The number of unbranched alkanes of at least 4 members (excludes halogenated alkanes) is 20. The number of ether oxygens (including phenoxy) is 2. The Labute approximate surface area is 289 Å². The van der Waals surface area contributed by atoms with Gasteiger partial charge in [0.15, 0.2) is 6.10 Å². The Morgan fingerprint density at radius 1 is 0.638 bits per heavy atom. The number of phosphoric ester groups is 1. The van der Waals surface area contributed by atoms with Crippen molar-refractivity contribution < 1.29 is 42.1 Å². The molecule has 3 unspecified atom stereocenters. The van der Waals surface area contributed by atoms with Gasteiger partial charge in [-0.2, -0.15) is 0 Å². The van der Waals surface area contributed by atoms with Gasteiger partial charge in [0.2, 0.25) is 0 Å². The molecule has 47 heavy (non-hydrogen) atoms. The molecule has 0 spiro atoms. The van der Waals surface area contributed by atoms with Gasteiger partial charge in [-0.3, -0.25) is 18.6 Å². The summed E-state index contributed by atoms with van der Waals surface area (Å²) < 4.78 is 34.8. The lowest BCUT2D eigenvalue weighted by atomic mass is 10.1. The number of rotatable bonds is 34. The van der Waals surface area contributed by atoms with E-state index >= 15 is 0 Å². The number of carbonyl (C=O) groups excluding carboxylic acids is 2. The van der Waals surface area contributed by atoms with Crippen LogP contribution in [0.5, 0.6) is 0 Å². The predicted molar refractivity (Wildman–Crippen MR) is 192 cm³/mol. The van der Waals surface area contributed by atoms with Gasteiger partial charge in [0.05, 0.1) is 21.1 Å². The van der Waals surface area contributed by atoms with Crippen LogP contribution in [-0.2, 0) is 32.7 Å². The second-order valence-corrected chi connectivity index (χ2v) is 15.8. The lowest BCUT2D eigenvalue weighted by Gasteiger charge is -2.27. The Hall–Kier alpha value is -0.990. The van der Waals surface area contributed by atoms with Crippen LogP contribution in [0.25, 0.3) is 0 Å². The van der Waals surface area contributed by atoms with E-state index in [4.69, 9.17) is 18.5 Å². The molecule has 0 radical (unpaired) electrons. The molecule has 9 nitrogen and oxygen atoms in total. The number of esters is 2. The molecule has 3 atom stereocenters. The zero-order valence-corrected chi connectivity index (χ0v) is 32.3. The molecule has 1 N–H and O–H groups in total. The molecule has 0 saturated carbocycles. The van der Waals surface area contributed by atoms with Crippen LogP contribution in [0, 0.1) is 0 Å². The Morgan fingerprint density at radius 3 is 1.43 bits per heavy atom. The molecule has 0 bridgehead atoms. The summed E-state index contributed by atoms with van der Waals surface area (Å²) in [5, 5.41) is 0. The molecule has 280 valence electrons. The van der Waals surface area contributed by atoms with E-state index in [1.807, 2.05) is 21.1 Å². The lowest BCUT2D eigenvalue weighted by Crippen LogP contribution is -2.38. The topological polar surface area (TPSA) is 108 Å². The maximum absolute atomic E-state index is 12.7. The number of hydrogen-bond donors (Lipinski definition) is 1. The summed E-state index contributed by atoms with van der Waals surface area (Å²) in [4.78, 5) is 35.5. The summed E-state index contributed by atoms with van der Waals surface area (Å²) in [5.74, 6) is -0.799. The van der Waals surface area contributed by atoms with Crippen LogP contribution in [0.1, 0.15) is 175 Å². The number of nitrogens with zero attached hydrogens (tertiary/aromatic N) is 1. The Bertz CT molecular complexity index is 804. The summed E-state index contributed by atoms with van der Waals surface area (Å²) >= 11 is 0. The van der Waals surface area contributed by atoms with Crippen molar-refractivity contribution in [3.05, 3.63) is 0 Å². The van der Waals surface area contributed by atoms with Crippen molar-refractivity contribution in [1.29, 1.82) is 0 Å². The monoisotopic (exact) mass is 693 g/mol. The van der Waals surface area contributed by atoms with E-state index in [1.54, 1.807) is 0 Å². The first kappa shape index (κ1) is 46.0. The minimum absolute atomic E-state index is 0.0290. The number of carbonyl (C=O) groups is 2. The second-order valence-electron chi connectivity index (χ2n) is 14.4. The molecule has 0 fully saturated rings. The third-order valence-corrected chi connectivity index (χ3v) is 9.61. The Morgan fingerprint density at radius 2 is 1.02 bits per heavy atom. The quantitative estimate of drug-likeness (QED) is 0.0307. The van der Waals surface area contributed by atoms with Crippen LogP contribution in [0.4, 0.5) is 0 Å². The number of quaternary nitrogens is 1. The van der Waals surface area contributed by atoms with Crippen LogP contribution in [0.15, 0.2) is 0 Å². The van der Waals surface area contributed by atoms with Gasteiger partial charge < -0.3 is 18.9 Å². The van der Waals surface area contributed by atoms with Gasteiger partial charge in [0.1, 0.15) is 25.9 Å². The second kappa shape index (κ2) is 29.9. The van der Waals surface area contributed by atoms with E-state index in [0.717, 1.165) is 32.1 Å². The minimum Gasteiger partial charge on any atom is -0.462 e. The third-order valence-electron chi connectivity index (χ3n) is 8.50. The molecule has 0 aromatic rings. The van der Waals surface area contributed by atoms with Gasteiger partial charge in [-0.05, 0) is 19.8 Å². The molecular formula is C37H75NO8P+. The van der Waals surface area contributed by atoms with Crippen molar-refractivity contribution >= 4 is 19.8 Å². The highest BCUT2D eigenvalue weighted by molar-refractivity contribution is 7.47. The third kappa shape index (κ3) is 32.0. The van der Waals surface area contributed by atoms with E-state index in [2.05, 4.69) is 13.8 Å². The Balaban J connectivity index is 4.60. The van der Waals surface area contributed by atoms with Crippen LogP contribution in [-0.4, -0.2) is 74.4 Å². The summed E-state index contributed by atoms with van der Waals surface area (Å²) in [6.07, 6.45) is 24.6. The van der Waals surface area contributed by atoms with E-state index in [1.165, 1.54) is 110 Å². The molecule has 0 aliphatic rings. The smallest absolute Gasteiger partial charge is 0.462 e. The highest BCUT2D eigenvalue weighted by Gasteiger charge is 2.32. The van der Waals surface area contributed by atoms with Gasteiger partial charge in [0.25, 0.3) is 0 Å². The number of hydrogen-bond acceptors (Lipinski definition) is 7. The van der Waals surface area contributed by atoms with Crippen LogP contribution in [0.3, 0.4) is 0 Å². The van der Waals surface area contributed by atoms with Crippen molar-refractivity contribution in [3.63, 3.8) is 0 Å². The van der Waals surface area contributed by atoms with Crippen molar-refractivity contribution in [2.45, 2.75) is 187 Å². The standard InChI is InChI=1S/C37H74NO8P/c1-7-9-11-13-15-17-19-21-23-25-27-29-36(39)43-33-35(34(3)46-47(41,42)44-32-31-38(4,5)6)45-37(40)30-28-26-24-22-20-18-16-14-12-10-8-2/h34-35H,7-33H2,1-6H3/p+1. The van der Waals surface area contributed by atoms with Crippen LogP contribution in [0.2, 0.25) is 0 Å². The maximum atomic E-state index is 12.7. The number of likely N-dealkylation sites (N-methyl/N-ethyl adjacent to an activating group) is 1. The first-order valence-corrected chi connectivity index (χ1v) is 20.7. The molecule has 0 rings (SSSR count). The highest BCUT2D eigenvalue weighted by Crippen LogP contribution is 2.45. The maximum Gasteiger partial charge on any atom is 0.472 e.